The Kier molecular flexibility index (Phi) is 3.78. The van der Waals surface area contributed by atoms with Crippen LogP contribution >= 0.6 is 0 Å². The van der Waals surface area contributed by atoms with E-state index in [1.54, 1.807) is 5.57 Å². The van der Waals surface area contributed by atoms with Crippen molar-refractivity contribution in [3.8, 4) is 0 Å². The fraction of sp³-hybridized carbons (Fsp3) is 0.750. The van der Waals surface area contributed by atoms with E-state index < -0.39 is 11.4 Å². The highest BCUT2D eigenvalue weighted by Gasteiger charge is 2.55. The number of hydrogen-bond donors (Lipinski definition) is 0. The molecule has 3 aliphatic carbocycles. The average Bonchev–Trinajstić information content (AvgIpc) is 2.46. The van der Waals surface area contributed by atoms with Crippen molar-refractivity contribution >= 4 is 5.97 Å². The highest BCUT2D eigenvalue weighted by atomic mass is 16.4. The third kappa shape index (κ3) is 2.18. The van der Waals surface area contributed by atoms with E-state index in [1.807, 2.05) is 6.92 Å². The van der Waals surface area contributed by atoms with Crippen molar-refractivity contribution in [2.24, 2.45) is 28.6 Å². The Hall–Kier alpha value is -1.05. The van der Waals surface area contributed by atoms with Crippen LogP contribution in [0.4, 0.5) is 0 Å². The standard InChI is InChI=1S/C20H30O2/c1-13(2)14-6-8-16-15(12-14)7-9-17-19(16,3)10-5-11-20(17,4)18(21)22/h6,12-13,16-17H,5,7-11H2,1-4H3,(H,21,22)/p-1/t16-,17-,19-,20+/m1/s1. The van der Waals surface area contributed by atoms with Crippen LogP contribution < -0.4 is 5.11 Å². The highest BCUT2D eigenvalue weighted by Crippen LogP contribution is 2.62. The number of carbonyl (C=O) groups is 1. The molecule has 0 amide bonds. The molecular weight excluding hydrogens is 272 g/mol. The van der Waals surface area contributed by atoms with Gasteiger partial charge in [0.05, 0.1) is 0 Å². The van der Waals surface area contributed by atoms with E-state index >= 15 is 0 Å². The molecular formula is C20H29O2-. The third-order valence-corrected chi connectivity index (χ3v) is 7.02. The van der Waals surface area contributed by atoms with Crippen molar-refractivity contribution in [3.05, 3.63) is 23.3 Å². The molecule has 22 heavy (non-hydrogen) atoms. The summed E-state index contributed by atoms with van der Waals surface area (Å²) in [6, 6.07) is 0. The van der Waals surface area contributed by atoms with Gasteiger partial charge in [0, 0.05) is 11.4 Å². The minimum Gasteiger partial charge on any atom is -0.550 e. The maximum atomic E-state index is 11.8. The molecule has 0 bridgehead atoms. The zero-order valence-electron chi connectivity index (χ0n) is 14.4. The third-order valence-electron chi connectivity index (χ3n) is 7.02. The van der Waals surface area contributed by atoms with Crippen LogP contribution in [0.25, 0.3) is 0 Å². The van der Waals surface area contributed by atoms with E-state index in [1.165, 1.54) is 5.57 Å². The minimum absolute atomic E-state index is 0.121. The number of aliphatic carboxylic acids is 1. The zero-order chi connectivity index (χ0) is 16.1. The molecule has 0 saturated heterocycles. The Morgan fingerprint density at radius 3 is 2.68 bits per heavy atom. The van der Waals surface area contributed by atoms with Crippen LogP contribution in [-0.4, -0.2) is 5.97 Å². The topological polar surface area (TPSA) is 40.1 Å². The lowest BCUT2D eigenvalue weighted by molar-refractivity contribution is -0.326. The summed E-state index contributed by atoms with van der Waals surface area (Å²) in [5.74, 6) is 0.548. The lowest BCUT2D eigenvalue weighted by atomic mass is 9.46. The van der Waals surface area contributed by atoms with Gasteiger partial charge in [-0.2, -0.15) is 0 Å². The molecule has 0 aliphatic heterocycles. The van der Waals surface area contributed by atoms with Gasteiger partial charge < -0.3 is 9.90 Å². The van der Waals surface area contributed by atoms with Gasteiger partial charge in [-0.1, -0.05) is 51.8 Å². The van der Waals surface area contributed by atoms with E-state index in [4.69, 9.17) is 0 Å². The number of carbonyl (C=O) groups excluding carboxylic acids is 1. The van der Waals surface area contributed by atoms with Gasteiger partial charge in [-0.25, -0.2) is 0 Å². The SMILES string of the molecule is CC(C)C1=CC[C@@H]2C(=C1)CC[C@@H]1[C@]2(C)CCC[C@]1(C)C(=O)[O-]. The molecule has 122 valence electrons. The summed E-state index contributed by atoms with van der Waals surface area (Å²) in [5, 5.41) is 11.8. The Morgan fingerprint density at radius 1 is 1.32 bits per heavy atom. The molecule has 2 fully saturated rings. The molecule has 0 aromatic heterocycles. The second-order valence-corrected chi connectivity index (χ2v) is 8.52. The summed E-state index contributed by atoms with van der Waals surface area (Å²) in [4.78, 5) is 11.8. The summed E-state index contributed by atoms with van der Waals surface area (Å²) in [6.45, 7) is 8.80. The van der Waals surface area contributed by atoms with E-state index in [0.29, 0.717) is 11.8 Å². The molecule has 0 aromatic carbocycles. The normalized spacial score (nSPS) is 41.3. The summed E-state index contributed by atoms with van der Waals surface area (Å²) in [7, 11) is 0. The highest BCUT2D eigenvalue weighted by molar-refractivity contribution is 5.73. The molecule has 0 spiro atoms. The predicted octanol–water partition coefficient (Wildman–Crippen LogP) is 3.87. The summed E-state index contributed by atoms with van der Waals surface area (Å²) in [6.07, 6.45) is 11.0. The Bertz CT molecular complexity index is 542. The van der Waals surface area contributed by atoms with Crippen molar-refractivity contribution < 1.29 is 9.90 Å². The van der Waals surface area contributed by atoms with Gasteiger partial charge in [-0.3, -0.25) is 0 Å². The quantitative estimate of drug-likeness (QED) is 0.776. The Labute approximate surface area is 134 Å². The molecule has 3 rings (SSSR count). The first-order valence-electron chi connectivity index (χ1n) is 8.91. The van der Waals surface area contributed by atoms with Crippen LogP contribution in [0.15, 0.2) is 23.3 Å². The van der Waals surface area contributed by atoms with Gasteiger partial charge in [-0.05, 0) is 60.8 Å². The largest absolute Gasteiger partial charge is 0.550 e. The van der Waals surface area contributed by atoms with Crippen LogP contribution in [0.3, 0.4) is 0 Å². The number of allylic oxidation sites excluding steroid dienone is 4. The first-order chi connectivity index (χ1) is 10.3. The minimum atomic E-state index is -0.829. The second kappa shape index (κ2) is 5.25. The van der Waals surface area contributed by atoms with E-state index in [0.717, 1.165) is 38.5 Å². The van der Waals surface area contributed by atoms with Crippen LogP contribution in [0.1, 0.15) is 66.2 Å². The molecule has 0 aromatic rings. The molecule has 0 unspecified atom stereocenters. The van der Waals surface area contributed by atoms with Gasteiger partial charge in [0.15, 0.2) is 0 Å². The second-order valence-electron chi connectivity index (χ2n) is 8.52. The fourth-order valence-corrected chi connectivity index (χ4v) is 5.65. The average molecular weight is 301 g/mol. The van der Waals surface area contributed by atoms with E-state index in [9.17, 15) is 9.90 Å². The van der Waals surface area contributed by atoms with Gasteiger partial charge in [-0.15, -0.1) is 0 Å². The van der Waals surface area contributed by atoms with Gasteiger partial charge in [0.25, 0.3) is 0 Å². The van der Waals surface area contributed by atoms with E-state index in [2.05, 4.69) is 32.9 Å². The van der Waals surface area contributed by atoms with E-state index in [-0.39, 0.29) is 11.3 Å². The first kappa shape index (κ1) is 15.8. The molecule has 4 atom stereocenters. The molecule has 0 radical (unpaired) electrons. The molecule has 3 aliphatic rings. The maximum Gasteiger partial charge on any atom is 0.0476 e. The fourth-order valence-electron chi connectivity index (χ4n) is 5.65. The predicted molar refractivity (Wildman–Crippen MR) is 86.9 cm³/mol. The van der Waals surface area contributed by atoms with Crippen molar-refractivity contribution in [1.29, 1.82) is 0 Å². The summed E-state index contributed by atoms with van der Waals surface area (Å²) >= 11 is 0. The summed E-state index contributed by atoms with van der Waals surface area (Å²) in [5.41, 5.74) is 2.52. The number of rotatable bonds is 2. The van der Waals surface area contributed by atoms with Gasteiger partial charge in [0.2, 0.25) is 0 Å². The van der Waals surface area contributed by atoms with Crippen LogP contribution in [0, 0.1) is 28.6 Å². The lowest BCUT2D eigenvalue weighted by Gasteiger charge is -2.59. The van der Waals surface area contributed by atoms with Gasteiger partial charge >= 0.3 is 0 Å². The molecule has 2 heteroatoms. The number of fused-ring (bicyclic) bond motifs is 3. The van der Waals surface area contributed by atoms with Crippen molar-refractivity contribution in [2.75, 3.05) is 0 Å². The molecule has 0 heterocycles. The number of carboxylic acid groups (broad SMARTS) is 1. The number of hydrogen-bond acceptors (Lipinski definition) is 2. The van der Waals surface area contributed by atoms with Crippen molar-refractivity contribution in [3.63, 3.8) is 0 Å². The lowest BCUT2D eigenvalue weighted by Crippen LogP contribution is -2.56. The van der Waals surface area contributed by atoms with Crippen LogP contribution in [-0.2, 0) is 4.79 Å². The first-order valence-corrected chi connectivity index (χ1v) is 8.91. The smallest absolute Gasteiger partial charge is 0.0476 e. The Balaban J connectivity index is 1.95. The summed E-state index contributed by atoms with van der Waals surface area (Å²) < 4.78 is 0. The van der Waals surface area contributed by atoms with Crippen LogP contribution in [0.5, 0.6) is 0 Å². The Morgan fingerprint density at radius 2 is 2.05 bits per heavy atom. The molecule has 0 N–H and O–H groups in total. The van der Waals surface area contributed by atoms with Crippen molar-refractivity contribution in [1.82, 2.24) is 0 Å². The molecule has 2 nitrogen and oxygen atoms in total. The van der Waals surface area contributed by atoms with Gasteiger partial charge in [0.1, 0.15) is 0 Å². The number of carboxylic acids is 1. The van der Waals surface area contributed by atoms with Crippen LogP contribution in [0.2, 0.25) is 0 Å². The van der Waals surface area contributed by atoms with Crippen molar-refractivity contribution in [2.45, 2.75) is 66.2 Å². The zero-order valence-corrected chi connectivity index (χ0v) is 14.4. The maximum absolute atomic E-state index is 11.8. The monoisotopic (exact) mass is 301 g/mol. The molecule has 2 saturated carbocycles.